The highest BCUT2D eigenvalue weighted by Gasteiger charge is 2.12. The summed E-state index contributed by atoms with van der Waals surface area (Å²) in [6.07, 6.45) is 2.07. The maximum Gasteiger partial charge on any atom is 0.292 e. The number of unbranched alkanes of at least 4 members (excludes halogenated alkanes) is 1. The van der Waals surface area contributed by atoms with Crippen molar-refractivity contribution >= 4 is 27.3 Å². The lowest BCUT2D eigenvalue weighted by molar-refractivity contribution is -0.384. The van der Waals surface area contributed by atoms with E-state index < -0.39 is 0 Å². The molecule has 1 N–H and O–H groups in total. The highest BCUT2D eigenvalue weighted by Crippen LogP contribution is 2.27. The average molecular weight is 273 g/mol. The van der Waals surface area contributed by atoms with Gasteiger partial charge in [-0.25, -0.2) is 0 Å². The molecule has 1 rings (SSSR count). The van der Waals surface area contributed by atoms with Crippen LogP contribution >= 0.6 is 15.9 Å². The van der Waals surface area contributed by atoms with Crippen molar-refractivity contribution in [1.29, 1.82) is 0 Å². The van der Waals surface area contributed by atoms with Gasteiger partial charge in [-0.2, -0.15) is 0 Å². The SMILES string of the molecule is CCCCNc1cc(Br)ccc1[N+](=O)[O-]. The summed E-state index contributed by atoms with van der Waals surface area (Å²) < 4.78 is 0.840. The number of rotatable bonds is 5. The summed E-state index contributed by atoms with van der Waals surface area (Å²) in [7, 11) is 0. The van der Waals surface area contributed by atoms with Gasteiger partial charge in [0.1, 0.15) is 5.69 Å². The van der Waals surface area contributed by atoms with Gasteiger partial charge < -0.3 is 5.32 Å². The molecule has 0 saturated carbocycles. The van der Waals surface area contributed by atoms with Crippen LogP contribution in [0.15, 0.2) is 22.7 Å². The third-order valence-corrected chi connectivity index (χ3v) is 2.49. The Morgan fingerprint density at radius 3 is 2.87 bits per heavy atom. The lowest BCUT2D eigenvalue weighted by Gasteiger charge is -2.06. The largest absolute Gasteiger partial charge is 0.379 e. The fourth-order valence-corrected chi connectivity index (χ4v) is 1.57. The first-order chi connectivity index (χ1) is 7.15. The maximum atomic E-state index is 10.7. The van der Waals surface area contributed by atoms with Crippen LogP contribution in [0, 0.1) is 10.1 Å². The van der Waals surface area contributed by atoms with E-state index >= 15 is 0 Å². The van der Waals surface area contributed by atoms with Crippen LogP contribution in [-0.2, 0) is 0 Å². The molecule has 1 aromatic carbocycles. The third-order valence-electron chi connectivity index (χ3n) is 2.00. The molecule has 0 radical (unpaired) electrons. The van der Waals surface area contributed by atoms with Gasteiger partial charge in [0.15, 0.2) is 0 Å². The Hall–Kier alpha value is -1.10. The van der Waals surface area contributed by atoms with E-state index in [4.69, 9.17) is 0 Å². The molecule has 0 saturated heterocycles. The molecule has 0 aliphatic heterocycles. The molecule has 0 amide bonds. The summed E-state index contributed by atoms with van der Waals surface area (Å²) in [5.74, 6) is 0. The second kappa shape index (κ2) is 5.70. The number of anilines is 1. The lowest BCUT2D eigenvalue weighted by atomic mass is 10.2. The van der Waals surface area contributed by atoms with Gasteiger partial charge in [0.05, 0.1) is 4.92 Å². The summed E-state index contributed by atoms with van der Waals surface area (Å²) in [5, 5.41) is 13.8. The summed E-state index contributed by atoms with van der Waals surface area (Å²) in [6.45, 7) is 2.84. The van der Waals surface area contributed by atoms with Crippen molar-refractivity contribution in [1.82, 2.24) is 0 Å². The molecular formula is C10H13BrN2O2. The van der Waals surface area contributed by atoms with E-state index in [1.807, 2.05) is 0 Å². The highest BCUT2D eigenvalue weighted by molar-refractivity contribution is 9.10. The first-order valence-electron chi connectivity index (χ1n) is 4.83. The van der Waals surface area contributed by atoms with E-state index in [0.717, 1.165) is 23.9 Å². The van der Waals surface area contributed by atoms with Crippen molar-refractivity contribution in [3.63, 3.8) is 0 Å². The number of nitro groups is 1. The molecule has 0 fully saturated rings. The molecule has 4 nitrogen and oxygen atoms in total. The van der Waals surface area contributed by atoms with Gasteiger partial charge in [0.2, 0.25) is 0 Å². The van der Waals surface area contributed by atoms with Crippen molar-refractivity contribution in [3.05, 3.63) is 32.8 Å². The number of halogens is 1. The number of hydrogen-bond acceptors (Lipinski definition) is 3. The normalized spacial score (nSPS) is 10.0. The fraction of sp³-hybridized carbons (Fsp3) is 0.400. The maximum absolute atomic E-state index is 10.7. The Kier molecular flexibility index (Phi) is 4.55. The molecule has 5 heteroatoms. The van der Waals surface area contributed by atoms with Crippen molar-refractivity contribution in [2.45, 2.75) is 19.8 Å². The Morgan fingerprint density at radius 1 is 1.53 bits per heavy atom. The molecule has 0 spiro atoms. The van der Waals surface area contributed by atoms with Gasteiger partial charge in [0, 0.05) is 17.1 Å². The molecule has 0 aromatic heterocycles. The summed E-state index contributed by atoms with van der Waals surface area (Å²) >= 11 is 3.29. The van der Waals surface area contributed by atoms with Crippen LogP contribution in [0.4, 0.5) is 11.4 Å². The van der Waals surface area contributed by atoms with E-state index in [1.54, 1.807) is 12.1 Å². The topological polar surface area (TPSA) is 55.2 Å². The van der Waals surface area contributed by atoms with Crippen LogP contribution in [0.2, 0.25) is 0 Å². The predicted molar refractivity (Wildman–Crippen MR) is 64.2 cm³/mol. The predicted octanol–water partition coefficient (Wildman–Crippen LogP) is 3.57. The summed E-state index contributed by atoms with van der Waals surface area (Å²) in [5.41, 5.74) is 0.692. The Morgan fingerprint density at radius 2 is 2.27 bits per heavy atom. The number of nitro benzene ring substituents is 1. The van der Waals surface area contributed by atoms with E-state index in [1.165, 1.54) is 6.07 Å². The number of hydrogen-bond donors (Lipinski definition) is 1. The molecule has 1 aromatic rings. The Labute approximate surface area is 97.0 Å². The highest BCUT2D eigenvalue weighted by atomic mass is 79.9. The second-order valence-corrected chi connectivity index (χ2v) is 4.11. The molecule has 0 aliphatic carbocycles. The molecule has 15 heavy (non-hydrogen) atoms. The molecule has 82 valence electrons. The zero-order valence-electron chi connectivity index (χ0n) is 8.50. The first-order valence-corrected chi connectivity index (χ1v) is 5.62. The smallest absolute Gasteiger partial charge is 0.292 e. The van der Waals surface area contributed by atoms with Gasteiger partial charge in [-0.05, 0) is 18.6 Å². The van der Waals surface area contributed by atoms with Crippen molar-refractivity contribution in [3.8, 4) is 0 Å². The minimum atomic E-state index is -0.374. The fourth-order valence-electron chi connectivity index (χ4n) is 1.21. The van der Waals surface area contributed by atoms with E-state index in [0.29, 0.717) is 5.69 Å². The molecule has 0 heterocycles. The van der Waals surface area contributed by atoms with Crippen molar-refractivity contribution in [2.24, 2.45) is 0 Å². The average Bonchev–Trinajstić information content (AvgIpc) is 2.18. The minimum Gasteiger partial charge on any atom is -0.379 e. The summed E-state index contributed by atoms with van der Waals surface area (Å²) in [4.78, 5) is 10.3. The van der Waals surface area contributed by atoms with Crippen LogP contribution in [-0.4, -0.2) is 11.5 Å². The van der Waals surface area contributed by atoms with Crippen LogP contribution in [0.1, 0.15) is 19.8 Å². The van der Waals surface area contributed by atoms with Gasteiger partial charge >= 0.3 is 0 Å². The van der Waals surface area contributed by atoms with Gasteiger partial charge in [0.25, 0.3) is 5.69 Å². The van der Waals surface area contributed by atoms with E-state index in [-0.39, 0.29) is 10.6 Å². The number of nitrogens with zero attached hydrogens (tertiary/aromatic N) is 1. The third kappa shape index (κ3) is 3.51. The first kappa shape index (κ1) is 12.0. The zero-order valence-corrected chi connectivity index (χ0v) is 10.1. The van der Waals surface area contributed by atoms with E-state index in [2.05, 4.69) is 28.2 Å². The van der Waals surface area contributed by atoms with E-state index in [9.17, 15) is 10.1 Å². The molecular weight excluding hydrogens is 260 g/mol. The Balaban J connectivity index is 2.82. The quantitative estimate of drug-likeness (QED) is 0.507. The van der Waals surface area contributed by atoms with Crippen LogP contribution in [0.3, 0.4) is 0 Å². The molecule has 0 bridgehead atoms. The lowest BCUT2D eigenvalue weighted by Crippen LogP contribution is -2.03. The van der Waals surface area contributed by atoms with Crippen LogP contribution < -0.4 is 5.32 Å². The van der Waals surface area contributed by atoms with Gasteiger partial charge in [-0.15, -0.1) is 0 Å². The monoisotopic (exact) mass is 272 g/mol. The second-order valence-electron chi connectivity index (χ2n) is 3.20. The number of nitrogens with one attached hydrogen (secondary N) is 1. The Bertz CT molecular complexity index is 355. The standard InChI is InChI=1S/C10H13BrN2O2/c1-2-3-6-12-9-7-8(11)4-5-10(9)13(14)15/h4-5,7,12H,2-3,6H2,1H3. The minimum absolute atomic E-state index is 0.120. The number of benzene rings is 1. The zero-order chi connectivity index (χ0) is 11.3. The van der Waals surface area contributed by atoms with Crippen LogP contribution in [0.5, 0.6) is 0 Å². The molecule has 0 atom stereocenters. The van der Waals surface area contributed by atoms with Crippen molar-refractivity contribution < 1.29 is 4.92 Å². The van der Waals surface area contributed by atoms with Gasteiger partial charge in [-0.1, -0.05) is 29.3 Å². The molecule has 0 aliphatic rings. The summed E-state index contributed by atoms with van der Waals surface area (Å²) in [6, 6.07) is 4.90. The molecule has 0 unspecified atom stereocenters. The van der Waals surface area contributed by atoms with Gasteiger partial charge in [-0.3, -0.25) is 10.1 Å². The van der Waals surface area contributed by atoms with Crippen molar-refractivity contribution in [2.75, 3.05) is 11.9 Å². The van der Waals surface area contributed by atoms with Crippen LogP contribution in [0.25, 0.3) is 0 Å².